The van der Waals surface area contributed by atoms with Crippen molar-refractivity contribution in [1.29, 1.82) is 0 Å². The van der Waals surface area contributed by atoms with Crippen LogP contribution in [0.25, 0.3) is 0 Å². The van der Waals surface area contributed by atoms with Crippen LogP contribution >= 0.6 is 0 Å². The third-order valence-electron chi connectivity index (χ3n) is 3.92. The number of carbonyl (C=O) groups excluding carboxylic acids is 2. The maximum absolute atomic E-state index is 12.2. The van der Waals surface area contributed by atoms with Crippen molar-refractivity contribution in [3.63, 3.8) is 0 Å². The van der Waals surface area contributed by atoms with E-state index in [0.29, 0.717) is 11.1 Å². The van der Waals surface area contributed by atoms with Crippen LogP contribution < -0.4 is 16.3 Å². The van der Waals surface area contributed by atoms with Crippen LogP contribution in [0.1, 0.15) is 44.3 Å². The first-order valence-electron chi connectivity index (χ1n) is 7.20. The van der Waals surface area contributed by atoms with E-state index < -0.39 is 5.91 Å². The summed E-state index contributed by atoms with van der Waals surface area (Å²) in [5, 5.41) is 15.5. The van der Waals surface area contributed by atoms with E-state index in [2.05, 4.69) is 15.8 Å². The number of aromatic nitrogens is 2. The summed E-state index contributed by atoms with van der Waals surface area (Å²) < 4.78 is 1.58. The van der Waals surface area contributed by atoms with Crippen molar-refractivity contribution >= 4 is 11.8 Å². The number of amides is 2. The Labute approximate surface area is 132 Å². The number of nitrogens with one attached hydrogen (secondary N) is 3. The second-order valence-electron chi connectivity index (χ2n) is 5.45. The van der Waals surface area contributed by atoms with Gasteiger partial charge in [0, 0.05) is 18.8 Å². The molecule has 0 bridgehead atoms. The van der Waals surface area contributed by atoms with E-state index in [0.717, 1.165) is 24.0 Å². The first kappa shape index (κ1) is 15.2. The predicted octanol–water partition coefficient (Wildman–Crippen LogP) is 0.461. The Bertz CT molecular complexity index is 755. The Kier molecular flexibility index (Phi) is 4.09. The first-order chi connectivity index (χ1) is 11.1. The molecule has 1 aliphatic carbocycles. The third kappa shape index (κ3) is 3.08. The molecule has 2 aromatic rings. The lowest BCUT2D eigenvalue weighted by Crippen LogP contribution is -2.34. The van der Waals surface area contributed by atoms with Crippen molar-refractivity contribution in [1.82, 2.24) is 26.1 Å². The smallest absolute Gasteiger partial charge is 0.267 e. The topological polar surface area (TPSA) is 108 Å². The monoisotopic (exact) mass is 315 g/mol. The zero-order chi connectivity index (χ0) is 16.4. The molecule has 3 rings (SSSR count). The quantitative estimate of drug-likeness (QED) is 0.613. The molecule has 1 aliphatic rings. The van der Waals surface area contributed by atoms with Gasteiger partial charge in [-0.2, -0.15) is 5.10 Å². The fourth-order valence-electron chi connectivity index (χ4n) is 2.81. The predicted molar refractivity (Wildman–Crippen MR) is 80.6 cm³/mol. The van der Waals surface area contributed by atoms with Gasteiger partial charge in [0.05, 0.1) is 17.8 Å². The molecule has 4 N–H and O–H groups in total. The normalized spacial score (nSPS) is 16.0. The zero-order valence-electron chi connectivity index (χ0n) is 12.5. The largest absolute Gasteiger partial charge is 0.345 e. The van der Waals surface area contributed by atoms with Crippen LogP contribution in [-0.2, 0) is 13.5 Å². The number of fused-ring (bicyclic) bond motifs is 1. The molecule has 0 spiro atoms. The van der Waals surface area contributed by atoms with E-state index in [4.69, 9.17) is 5.21 Å². The lowest BCUT2D eigenvalue weighted by Gasteiger charge is -2.14. The lowest BCUT2D eigenvalue weighted by atomic mass is 10.0. The van der Waals surface area contributed by atoms with E-state index in [1.807, 2.05) is 6.07 Å². The van der Waals surface area contributed by atoms with Gasteiger partial charge in [0.1, 0.15) is 0 Å². The minimum atomic E-state index is -0.418. The van der Waals surface area contributed by atoms with Gasteiger partial charge in [-0.05, 0) is 36.1 Å². The molecule has 1 aromatic carbocycles. The number of hydrazine groups is 1. The summed E-state index contributed by atoms with van der Waals surface area (Å²) in [6.45, 7) is 0. The van der Waals surface area contributed by atoms with Crippen molar-refractivity contribution < 1.29 is 14.8 Å². The van der Waals surface area contributed by atoms with E-state index >= 15 is 0 Å². The molecular weight excluding hydrogens is 298 g/mol. The number of nitrogens with zero attached hydrogens (tertiary/aromatic N) is 2. The summed E-state index contributed by atoms with van der Waals surface area (Å²) >= 11 is 0. The molecule has 120 valence electrons. The summed E-state index contributed by atoms with van der Waals surface area (Å²) in [7, 11) is 1.76. The lowest BCUT2D eigenvalue weighted by molar-refractivity contribution is 0.0731. The number of rotatable bonds is 4. The molecule has 1 aromatic heterocycles. The summed E-state index contributed by atoms with van der Waals surface area (Å²) in [4.78, 5) is 23.9. The molecule has 2 amide bonds. The second-order valence-corrected chi connectivity index (χ2v) is 5.45. The van der Waals surface area contributed by atoms with Gasteiger partial charge < -0.3 is 5.32 Å². The fraction of sp³-hybridized carbons (Fsp3) is 0.267. The van der Waals surface area contributed by atoms with Gasteiger partial charge in [0.15, 0.2) is 0 Å². The zero-order valence-corrected chi connectivity index (χ0v) is 12.5. The number of hydrogen-bond donors (Lipinski definition) is 4. The van der Waals surface area contributed by atoms with Gasteiger partial charge in [-0.1, -0.05) is 6.07 Å². The standard InChI is InChI=1S/C15H17N5O3/c1-20-8-11(7-16-20)14(21)17-13-5-3-9-6-10(2-4-12(9)13)15(22)18-19-23/h2,4,6-8,13,19,23H,3,5H2,1H3,(H,17,21)(H,18,22)/t13-/m1/s1. The van der Waals surface area contributed by atoms with Crippen LogP contribution in [0.3, 0.4) is 0 Å². The number of benzene rings is 1. The van der Waals surface area contributed by atoms with Gasteiger partial charge in [0.25, 0.3) is 11.8 Å². The van der Waals surface area contributed by atoms with Crippen LogP contribution in [0.4, 0.5) is 0 Å². The van der Waals surface area contributed by atoms with Crippen molar-refractivity contribution in [2.24, 2.45) is 7.05 Å². The molecule has 0 saturated heterocycles. The van der Waals surface area contributed by atoms with Crippen LogP contribution in [0.2, 0.25) is 0 Å². The maximum atomic E-state index is 12.2. The van der Waals surface area contributed by atoms with Crippen molar-refractivity contribution in [2.75, 3.05) is 0 Å². The molecule has 1 atom stereocenters. The molecule has 23 heavy (non-hydrogen) atoms. The van der Waals surface area contributed by atoms with E-state index in [1.165, 1.54) is 6.20 Å². The fourth-order valence-corrected chi connectivity index (χ4v) is 2.81. The Hall–Kier alpha value is -2.71. The van der Waals surface area contributed by atoms with Gasteiger partial charge in [-0.25, -0.2) is 0 Å². The second kappa shape index (κ2) is 6.19. The minimum absolute atomic E-state index is 0.0780. The van der Waals surface area contributed by atoms with Gasteiger partial charge >= 0.3 is 0 Å². The van der Waals surface area contributed by atoms with E-state index in [-0.39, 0.29) is 11.9 Å². The van der Waals surface area contributed by atoms with Gasteiger partial charge in [0.2, 0.25) is 0 Å². The average Bonchev–Trinajstić information content (AvgIpc) is 3.14. The Morgan fingerprint density at radius 2 is 2.13 bits per heavy atom. The van der Waals surface area contributed by atoms with Crippen LogP contribution in [0.15, 0.2) is 30.6 Å². The van der Waals surface area contributed by atoms with Crippen LogP contribution in [0.5, 0.6) is 0 Å². The molecule has 8 heteroatoms. The van der Waals surface area contributed by atoms with Crippen molar-refractivity contribution in [3.05, 3.63) is 52.8 Å². The van der Waals surface area contributed by atoms with Gasteiger partial charge in [-0.3, -0.25) is 24.9 Å². The molecular formula is C15H17N5O3. The molecule has 0 fully saturated rings. The highest BCUT2D eigenvalue weighted by atomic mass is 16.5. The molecule has 1 heterocycles. The highest BCUT2D eigenvalue weighted by molar-refractivity contribution is 5.95. The number of carbonyl (C=O) groups is 2. The van der Waals surface area contributed by atoms with Gasteiger partial charge in [-0.15, -0.1) is 5.59 Å². The summed E-state index contributed by atoms with van der Waals surface area (Å²) in [6, 6.07) is 5.20. The summed E-state index contributed by atoms with van der Waals surface area (Å²) in [6.07, 6.45) is 4.76. The summed E-state index contributed by atoms with van der Waals surface area (Å²) in [5.41, 5.74) is 6.73. The Balaban J connectivity index is 1.74. The Morgan fingerprint density at radius 1 is 1.30 bits per heavy atom. The highest BCUT2D eigenvalue weighted by Crippen LogP contribution is 2.32. The van der Waals surface area contributed by atoms with Crippen LogP contribution in [-0.4, -0.2) is 26.8 Å². The third-order valence-corrected chi connectivity index (χ3v) is 3.92. The highest BCUT2D eigenvalue weighted by Gasteiger charge is 2.25. The Morgan fingerprint density at radius 3 is 2.83 bits per heavy atom. The van der Waals surface area contributed by atoms with Crippen LogP contribution in [0, 0.1) is 0 Å². The van der Waals surface area contributed by atoms with E-state index in [1.54, 1.807) is 35.6 Å². The molecule has 8 nitrogen and oxygen atoms in total. The first-order valence-corrected chi connectivity index (χ1v) is 7.20. The maximum Gasteiger partial charge on any atom is 0.267 e. The van der Waals surface area contributed by atoms with Crippen molar-refractivity contribution in [2.45, 2.75) is 18.9 Å². The number of aryl methyl sites for hydroxylation is 2. The van der Waals surface area contributed by atoms with E-state index in [9.17, 15) is 9.59 Å². The molecule has 0 radical (unpaired) electrons. The molecule has 0 saturated carbocycles. The van der Waals surface area contributed by atoms with Crippen molar-refractivity contribution in [3.8, 4) is 0 Å². The SMILES string of the molecule is Cn1cc(C(=O)N[C@@H]2CCc3cc(C(=O)NNO)ccc32)cn1. The summed E-state index contributed by atoms with van der Waals surface area (Å²) in [5.74, 6) is -0.583. The molecule has 0 unspecified atom stereocenters. The minimum Gasteiger partial charge on any atom is -0.345 e. The molecule has 0 aliphatic heterocycles. The average molecular weight is 315 g/mol. The number of hydrogen-bond acceptors (Lipinski definition) is 5.